The minimum atomic E-state index is -0.281. The zero-order valence-corrected chi connectivity index (χ0v) is 13.2. The van der Waals surface area contributed by atoms with E-state index in [9.17, 15) is 9.59 Å². The molecule has 2 rings (SSSR count). The van der Waals surface area contributed by atoms with Crippen molar-refractivity contribution in [1.82, 2.24) is 0 Å². The van der Waals surface area contributed by atoms with Crippen LogP contribution in [0.4, 0.5) is 5.69 Å². The molecule has 1 amide bonds. The third kappa shape index (κ3) is 5.57. The second-order valence-electron chi connectivity index (χ2n) is 4.75. The number of halogens is 1. The van der Waals surface area contributed by atoms with Gasteiger partial charge in [-0.3, -0.25) is 9.59 Å². The van der Waals surface area contributed by atoms with Crippen molar-refractivity contribution in [3.8, 4) is 0 Å². The van der Waals surface area contributed by atoms with Crippen molar-refractivity contribution in [2.45, 2.75) is 0 Å². The number of hydrogen-bond donors (Lipinski definition) is 1. The van der Waals surface area contributed by atoms with Crippen molar-refractivity contribution in [2.24, 2.45) is 0 Å². The Morgan fingerprint density at radius 2 is 1.65 bits per heavy atom. The van der Waals surface area contributed by atoms with Crippen LogP contribution < -0.4 is 5.32 Å². The minimum Gasteiger partial charge on any atom is -0.325 e. The van der Waals surface area contributed by atoms with Gasteiger partial charge in [0.15, 0.2) is 5.78 Å². The number of carbonyl (C=O) groups excluding carboxylic acids is 2. The van der Waals surface area contributed by atoms with Gasteiger partial charge in [-0.05, 0) is 35.9 Å². The molecule has 3 nitrogen and oxygen atoms in total. The fourth-order valence-electron chi connectivity index (χ4n) is 1.88. The van der Waals surface area contributed by atoms with Crippen LogP contribution in [-0.2, 0) is 4.79 Å². The number of ketones is 1. The lowest BCUT2D eigenvalue weighted by molar-refractivity contribution is -0.113. The Hall–Kier alpha value is -2.65. The van der Waals surface area contributed by atoms with E-state index >= 15 is 0 Å². The predicted octanol–water partition coefficient (Wildman–Crippen LogP) is 4.32. The highest BCUT2D eigenvalue weighted by atomic mass is 35.5. The molecule has 0 fully saturated rings. The van der Waals surface area contributed by atoms with E-state index in [-0.39, 0.29) is 17.6 Å². The number of allylic oxidation sites excluding steroid dienone is 3. The van der Waals surface area contributed by atoms with Gasteiger partial charge in [-0.15, -0.1) is 11.6 Å². The number of carbonyl (C=O) groups is 2. The van der Waals surface area contributed by atoms with Crippen molar-refractivity contribution >= 4 is 35.1 Å². The highest BCUT2D eigenvalue weighted by Crippen LogP contribution is 2.11. The molecule has 0 saturated carbocycles. The van der Waals surface area contributed by atoms with E-state index in [4.69, 9.17) is 11.6 Å². The van der Waals surface area contributed by atoms with Crippen molar-refractivity contribution in [3.05, 3.63) is 84.0 Å². The highest BCUT2D eigenvalue weighted by molar-refractivity contribution is 6.29. The molecule has 2 aromatic carbocycles. The van der Waals surface area contributed by atoms with E-state index in [1.54, 1.807) is 30.3 Å². The first-order valence-corrected chi connectivity index (χ1v) is 7.62. The van der Waals surface area contributed by atoms with Crippen LogP contribution in [0.15, 0.2) is 72.8 Å². The molecule has 0 bridgehead atoms. The van der Waals surface area contributed by atoms with Crippen LogP contribution in [-0.4, -0.2) is 17.6 Å². The molecule has 0 saturated heterocycles. The average Bonchev–Trinajstić information content (AvgIpc) is 2.60. The van der Waals surface area contributed by atoms with Gasteiger partial charge in [-0.2, -0.15) is 0 Å². The van der Waals surface area contributed by atoms with Gasteiger partial charge >= 0.3 is 0 Å². The van der Waals surface area contributed by atoms with E-state index in [0.29, 0.717) is 11.3 Å². The van der Waals surface area contributed by atoms with Gasteiger partial charge in [0, 0.05) is 11.3 Å². The minimum absolute atomic E-state index is 0.0991. The number of nitrogens with one attached hydrogen (secondary N) is 1. The van der Waals surface area contributed by atoms with Crippen LogP contribution in [0.25, 0.3) is 6.08 Å². The van der Waals surface area contributed by atoms with E-state index in [2.05, 4.69) is 5.32 Å². The van der Waals surface area contributed by atoms with Gasteiger partial charge in [0.05, 0.1) is 0 Å². The molecule has 0 aliphatic heterocycles. The van der Waals surface area contributed by atoms with Gasteiger partial charge < -0.3 is 5.32 Å². The topological polar surface area (TPSA) is 46.2 Å². The third-order valence-corrected chi connectivity index (χ3v) is 3.26. The summed E-state index contributed by atoms with van der Waals surface area (Å²) < 4.78 is 0. The van der Waals surface area contributed by atoms with E-state index in [1.807, 2.05) is 42.5 Å². The Morgan fingerprint density at radius 1 is 0.957 bits per heavy atom. The van der Waals surface area contributed by atoms with E-state index in [0.717, 1.165) is 5.56 Å². The summed E-state index contributed by atoms with van der Waals surface area (Å²) in [5.74, 6) is -0.480. The molecule has 0 unspecified atom stereocenters. The zero-order valence-electron chi connectivity index (χ0n) is 12.4. The lowest BCUT2D eigenvalue weighted by Crippen LogP contribution is -2.12. The molecule has 23 heavy (non-hydrogen) atoms. The number of rotatable bonds is 6. The van der Waals surface area contributed by atoms with Crippen molar-refractivity contribution in [1.29, 1.82) is 0 Å². The molecule has 0 radical (unpaired) electrons. The SMILES string of the molecule is O=C(CCl)Nc1ccc(C(=O)/C=C/C=C/c2ccccc2)cc1. The quantitative estimate of drug-likeness (QED) is 0.372. The molecular weight excluding hydrogens is 310 g/mol. The zero-order chi connectivity index (χ0) is 16.5. The first-order chi connectivity index (χ1) is 11.2. The third-order valence-electron chi connectivity index (χ3n) is 3.02. The summed E-state index contributed by atoms with van der Waals surface area (Å²) in [5.41, 5.74) is 2.24. The summed E-state index contributed by atoms with van der Waals surface area (Å²) in [6, 6.07) is 16.5. The maximum Gasteiger partial charge on any atom is 0.239 e. The number of amides is 1. The largest absolute Gasteiger partial charge is 0.325 e. The number of alkyl halides is 1. The summed E-state index contributed by atoms with van der Waals surface area (Å²) in [6.07, 6.45) is 6.96. The Labute approximate surface area is 140 Å². The van der Waals surface area contributed by atoms with Gasteiger partial charge in [-0.1, -0.05) is 48.6 Å². The Kier molecular flexibility index (Phi) is 6.33. The van der Waals surface area contributed by atoms with E-state index < -0.39 is 0 Å². The van der Waals surface area contributed by atoms with Crippen LogP contribution in [0, 0.1) is 0 Å². The van der Waals surface area contributed by atoms with Gasteiger partial charge in [0.25, 0.3) is 0 Å². The van der Waals surface area contributed by atoms with Gasteiger partial charge in [-0.25, -0.2) is 0 Å². The summed E-state index contributed by atoms with van der Waals surface area (Å²) in [5, 5.41) is 2.62. The molecule has 0 aliphatic carbocycles. The van der Waals surface area contributed by atoms with Crippen LogP contribution in [0.5, 0.6) is 0 Å². The standard InChI is InChI=1S/C19H16ClNO2/c20-14-19(23)21-17-12-10-16(11-13-17)18(22)9-5-4-8-15-6-2-1-3-7-15/h1-13H,14H2,(H,21,23)/b8-4+,9-5+. The maximum absolute atomic E-state index is 12.0. The van der Waals surface area contributed by atoms with Gasteiger partial charge in [0.2, 0.25) is 5.91 Å². The predicted molar refractivity (Wildman–Crippen MR) is 94.7 cm³/mol. The molecule has 0 atom stereocenters. The Bertz CT molecular complexity index is 719. The van der Waals surface area contributed by atoms with Crippen molar-refractivity contribution < 1.29 is 9.59 Å². The second kappa shape index (κ2) is 8.71. The molecule has 1 N–H and O–H groups in total. The first kappa shape index (κ1) is 16.7. The van der Waals surface area contributed by atoms with Crippen molar-refractivity contribution in [2.75, 3.05) is 11.2 Å². The number of benzene rings is 2. The fraction of sp³-hybridized carbons (Fsp3) is 0.0526. The molecule has 0 aromatic heterocycles. The average molecular weight is 326 g/mol. The monoisotopic (exact) mass is 325 g/mol. The molecule has 0 heterocycles. The molecule has 0 aliphatic rings. The molecular formula is C19H16ClNO2. The summed E-state index contributed by atoms with van der Waals surface area (Å²) in [7, 11) is 0. The van der Waals surface area contributed by atoms with Crippen LogP contribution in [0.1, 0.15) is 15.9 Å². The van der Waals surface area contributed by atoms with Crippen LogP contribution in [0.2, 0.25) is 0 Å². The second-order valence-corrected chi connectivity index (χ2v) is 5.02. The lowest BCUT2D eigenvalue weighted by Gasteiger charge is -2.03. The smallest absolute Gasteiger partial charge is 0.239 e. The number of hydrogen-bond acceptors (Lipinski definition) is 2. The highest BCUT2D eigenvalue weighted by Gasteiger charge is 2.03. The van der Waals surface area contributed by atoms with Crippen molar-refractivity contribution in [3.63, 3.8) is 0 Å². The normalized spacial score (nSPS) is 11.0. The maximum atomic E-state index is 12.0. The van der Waals surface area contributed by atoms with E-state index in [1.165, 1.54) is 6.08 Å². The summed E-state index contributed by atoms with van der Waals surface area (Å²) >= 11 is 5.42. The molecule has 2 aromatic rings. The van der Waals surface area contributed by atoms with Crippen LogP contribution in [0.3, 0.4) is 0 Å². The van der Waals surface area contributed by atoms with Gasteiger partial charge in [0.1, 0.15) is 5.88 Å². The summed E-state index contributed by atoms with van der Waals surface area (Å²) in [4.78, 5) is 23.2. The Morgan fingerprint density at radius 3 is 2.30 bits per heavy atom. The van der Waals surface area contributed by atoms with Crippen LogP contribution >= 0.6 is 11.6 Å². The summed E-state index contributed by atoms with van der Waals surface area (Å²) in [6.45, 7) is 0. The first-order valence-electron chi connectivity index (χ1n) is 7.09. The fourth-order valence-corrected chi connectivity index (χ4v) is 1.95. The Balaban J connectivity index is 1.94. The number of anilines is 1. The molecule has 116 valence electrons. The molecule has 0 spiro atoms. The molecule has 4 heteroatoms. The lowest BCUT2D eigenvalue weighted by atomic mass is 10.1.